The molecular formula is C11H16O3S. The van der Waals surface area contributed by atoms with Gasteiger partial charge in [0.25, 0.3) is 0 Å². The first-order valence-corrected chi connectivity index (χ1v) is 5.80. The molecule has 1 rings (SSSR count). The van der Waals surface area contributed by atoms with Crippen LogP contribution in [0.15, 0.2) is 12.1 Å². The Morgan fingerprint density at radius 1 is 1.47 bits per heavy atom. The van der Waals surface area contributed by atoms with Crippen molar-refractivity contribution < 1.29 is 15.0 Å². The summed E-state index contributed by atoms with van der Waals surface area (Å²) in [5, 5.41) is 18.4. The quantitative estimate of drug-likeness (QED) is 0.811. The van der Waals surface area contributed by atoms with Crippen molar-refractivity contribution >= 4 is 17.3 Å². The van der Waals surface area contributed by atoms with Gasteiger partial charge in [-0.25, -0.2) is 4.79 Å². The topological polar surface area (TPSA) is 57.5 Å². The van der Waals surface area contributed by atoms with Crippen molar-refractivity contribution in [3.05, 3.63) is 21.9 Å². The van der Waals surface area contributed by atoms with Gasteiger partial charge in [0.05, 0.1) is 0 Å². The molecule has 1 aromatic rings. The summed E-state index contributed by atoms with van der Waals surface area (Å²) in [4.78, 5) is 12.9. The Bertz CT molecular complexity index is 341. The Morgan fingerprint density at radius 2 is 2.07 bits per heavy atom. The zero-order valence-corrected chi connectivity index (χ0v) is 9.80. The van der Waals surface area contributed by atoms with E-state index in [0.717, 1.165) is 17.7 Å². The fourth-order valence-corrected chi connectivity index (χ4v) is 2.58. The first-order valence-electron chi connectivity index (χ1n) is 4.99. The van der Waals surface area contributed by atoms with Crippen LogP contribution in [-0.4, -0.2) is 21.8 Å². The van der Waals surface area contributed by atoms with Gasteiger partial charge in [-0.1, -0.05) is 13.3 Å². The molecule has 15 heavy (non-hydrogen) atoms. The van der Waals surface area contributed by atoms with E-state index in [9.17, 15) is 9.90 Å². The van der Waals surface area contributed by atoms with E-state index in [2.05, 4.69) is 6.92 Å². The molecule has 0 spiro atoms. The Labute approximate surface area is 93.4 Å². The largest absolute Gasteiger partial charge is 0.479 e. The second kappa shape index (κ2) is 4.77. The molecule has 0 aliphatic rings. The van der Waals surface area contributed by atoms with Crippen LogP contribution in [-0.2, 0) is 17.6 Å². The molecule has 0 fully saturated rings. The fourth-order valence-electron chi connectivity index (χ4n) is 1.31. The van der Waals surface area contributed by atoms with Crippen LogP contribution in [0.5, 0.6) is 0 Å². The highest BCUT2D eigenvalue weighted by atomic mass is 32.1. The van der Waals surface area contributed by atoms with Crippen molar-refractivity contribution in [3.63, 3.8) is 0 Å². The number of carbonyl (C=O) groups is 1. The molecule has 0 bridgehead atoms. The van der Waals surface area contributed by atoms with Gasteiger partial charge < -0.3 is 10.2 Å². The lowest BCUT2D eigenvalue weighted by molar-refractivity contribution is -0.156. The predicted molar refractivity (Wildman–Crippen MR) is 60.3 cm³/mol. The summed E-state index contributed by atoms with van der Waals surface area (Å²) in [6.45, 7) is 3.43. The van der Waals surface area contributed by atoms with Crippen LogP contribution in [0.1, 0.15) is 30.0 Å². The number of aliphatic carboxylic acids is 1. The maximum Gasteiger partial charge on any atom is 0.335 e. The Hall–Kier alpha value is -0.870. The lowest BCUT2D eigenvalue weighted by atomic mass is 10.0. The van der Waals surface area contributed by atoms with Gasteiger partial charge in [0, 0.05) is 16.2 Å². The molecule has 0 radical (unpaired) electrons. The monoisotopic (exact) mass is 228 g/mol. The number of rotatable bonds is 5. The molecule has 84 valence electrons. The van der Waals surface area contributed by atoms with E-state index in [4.69, 9.17) is 5.11 Å². The van der Waals surface area contributed by atoms with Crippen molar-refractivity contribution in [2.75, 3.05) is 0 Å². The molecule has 0 aromatic carbocycles. The summed E-state index contributed by atoms with van der Waals surface area (Å²) in [5.41, 5.74) is -1.66. The van der Waals surface area contributed by atoms with Gasteiger partial charge in [0.1, 0.15) is 0 Å². The Kier molecular flexibility index (Phi) is 3.88. The number of hydrogen-bond acceptors (Lipinski definition) is 3. The molecule has 0 aliphatic heterocycles. The van der Waals surface area contributed by atoms with Crippen LogP contribution >= 0.6 is 11.3 Å². The van der Waals surface area contributed by atoms with Crippen LogP contribution in [0.2, 0.25) is 0 Å². The molecule has 1 heterocycles. The third-order valence-corrected chi connectivity index (χ3v) is 3.34. The van der Waals surface area contributed by atoms with E-state index in [0.29, 0.717) is 0 Å². The summed E-state index contributed by atoms with van der Waals surface area (Å²) in [6, 6.07) is 3.90. The van der Waals surface area contributed by atoms with E-state index >= 15 is 0 Å². The summed E-state index contributed by atoms with van der Waals surface area (Å²) < 4.78 is 0. The zero-order valence-electron chi connectivity index (χ0n) is 8.99. The second-order valence-electron chi connectivity index (χ2n) is 3.87. The molecule has 0 saturated carbocycles. The van der Waals surface area contributed by atoms with Crippen LogP contribution in [0.3, 0.4) is 0 Å². The molecule has 1 atom stereocenters. The van der Waals surface area contributed by atoms with Crippen molar-refractivity contribution in [2.24, 2.45) is 0 Å². The Morgan fingerprint density at radius 3 is 2.60 bits per heavy atom. The molecule has 1 aromatic heterocycles. The molecule has 1 unspecified atom stereocenters. The van der Waals surface area contributed by atoms with Crippen molar-refractivity contribution in [2.45, 2.75) is 38.7 Å². The van der Waals surface area contributed by atoms with Gasteiger partial charge in [-0.05, 0) is 25.5 Å². The number of hydrogen-bond donors (Lipinski definition) is 2. The summed E-state index contributed by atoms with van der Waals surface area (Å²) in [6.07, 6.45) is 2.27. The van der Waals surface area contributed by atoms with E-state index in [1.54, 1.807) is 11.3 Å². The predicted octanol–water partition coefficient (Wildman–Crippen LogP) is 2.08. The lowest BCUT2D eigenvalue weighted by Gasteiger charge is -2.16. The van der Waals surface area contributed by atoms with E-state index in [1.807, 2.05) is 12.1 Å². The number of aliphatic hydroxyl groups is 1. The van der Waals surface area contributed by atoms with Crippen LogP contribution in [0.25, 0.3) is 0 Å². The maximum absolute atomic E-state index is 10.7. The first-order chi connectivity index (χ1) is 6.95. The normalized spacial score (nSPS) is 14.9. The minimum atomic E-state index is -1.66. The van der Waals surface area contributed by atoms with Crippen molar-refractivity contribution in [3.8, 4) is 0 Å². The second-order valence-corrected chi connectivity index (χ2v) is 5.13. The average Bonchev–Trinajstić information content (AvgIpc) is 2.52. The number of carboxylic acid groups (broad SMARTS) is 1. The van der Waals surface area contributed by atoms with Gasteiger partial charge in [-0.15, -0.1) is 11.3 Å². The van der Waals surface area contributed by atoms with Gasteiger partial charge in [0.15, 0.2) is 5.60 Å². The molecule has 4 heteroatoms. The molecule has 3 nitrogen and oxygen atoms in total. The molecule has 0 aliphatic carbocycles. The smallest absolute Gasteiger partial charge is 0.335 e. The maximum atomic E-state index is 10.7. The van der Waals surface area contributed by atoms with E-state index < -0.39 is 11.6 Å². The number of aryl methyl sites for hydroxylation is 1. The highest BCUT2D eigenvalue weighted by Gasteiger charge is 2.30. The standard InChI is InChI=1S/C11H16O3S/c1-3-4-8-5-6-9(15-8)7-11(2,14)10(12)13/h5-6,14H,3-4,7H2,1-2H3,(H,12,13). The van der Waals surface area contributed by atoms with Gasteiger partial charge in [-0.3, -0.25) is 0 Å². The third-order valence-electron chi connectivity index (χ3n) is 2.19. The zero-order chi connectivity index (χ0) is 11.5. The SMILES string of the molecule is CCCc1ccc(CC(C)(O)C(=O)O)s1. The van der Waals surface area contributed by atoms with E-state index in [-0.39, 0.29) is 6.42 Å². The number of carboxylic acids is 1. The molecule has 2 N–H and O–H groups in total. The summed E-state index contributed by atoms with van der Waals surface area (Å²) in [7, 11) is 0. The van der Waals surface area contributed by atoms with Crippen molar-refractivity contribution in [1.29, 1.82) is 0 Å². The van der Waals surface area contributed by atoms with Gasteiger partial charge in [-0.2, -0.15) is 0 Å². The fraction of sp³-hybridized carbons (Fsp3) is 0.545. The summed E-state index contributed by atoms with van der Waals surface area (Å²) >= 11 is 1.58. The van der Waals surface area contributed by atoms with Crippen LogP contribution < -0.4 is 0 Å². The average molecular weight is 228 g/mol. The van der Waals surface area contributed by atoms with Crippen molar-refractivity contribution in [1.82, 2.24) is 0 Å². The lowest BCUT2D eigenvalue weighted by Crippen LogP contribution is -2.36. The number of thiophene rings is 1. The molecule has 0 amide bonds. The van der Waals surface area contributed by atoms with Crippen LogP contribution in [0, 0.1) is 0 Å². The van der Waals surface area contributed by atoms with Crippen LogP contribution in [0.4, 0.5) is 0 Å². The molecule has 0 saturated heterocycles. The minimum absolute atomic E-state index is 0.177. The third kappa shape index (κ3) is 3.32. The molecular weight excluding hydrogens is 212 g/mol. The highest BCUT2D eigenvalue weighted by Crippen LogP contribution is 2.22. The Balaban J connectivity index is 2.68. The minimum Gasteiger partial charge on any atom is -0.479 e. The highest BCUT2D eigenvalue weighted by molar-refractivity contribution is 7.12. The van der Waals surface area contributed by atoms with Gasteiger partial charge in [0.2, 0.25) is 0 Å². The first kappa shape index (κ1) is 12.2. The van der Waals surface area contributed by atoms with Gasteiger partial charge >= 0.3 is 5.97 Å². The van der Waals surface area contributed by atoms with E-state index in [1.165, 1.54) is 11.8 Å². The summed E-state index contributed by atoms with van der Waals surface area (Å²) in [5.74, 6) is -1.17.